The molecule has 0 aromatic rings. The molecule has 0 rings (SSSR count). The maximum atomic E-state index is 10.1. The maximum absolute atomic E-state index is 10.1. The summed E-state index contributed by atoms with van der Waals surface area (Å²) in [5.74, 6) is -1.06. The molecule has 0 bridgehead atoms. The molecule has 0 aromatic heterocycles. The predicted molar refractivity (Wildman–Crippen MR) is 32.8 cm³/mol. The summed E-state index contributed by atoms with van der Waals surface area (Å²) in [6.07, 6.45) is 0. The van der Waals surface area contributed by atoms with Gasteiger partial charge < -0.3 is 16.0 Å². The van der Waals surface area contributed by atoms with Gasteiger partial charge in [0.25, 0.3) is 0 Å². The van der Waals surface area contributed by atoms with Gasteiger partial charge in [-0.3, -0.25) is 4.79 Å². The van der Waals surface area contributed by atoms with Gasteiger partial charge >= 0.3 is 0 Å². The van der Waals surface area contributed by atoms with E-state index in [0.717, 1.165) is 0 Å². The van der Waals surface area contributed by atoms with Crippen LogP contribution in [-0.2, 0) is 15.9 Å². The van der Waals surface area contributed by atoms with E-state index in [1.54, 1.807) is 0 Å². The van der Waals surface area contributed by atoms with Gasteiger partial charge in [0.1, 0.15) is 0 Å². The molecule has 0 saturated heterocycles. The van der Waals surface area contributed by atoms with E-state index in [2.05, 4.69) is 5.73 Å². The minimum absolute atomic E-state index is 0.296. The van der Waals surface area contributed by atoms with E-state index in [1.807, 2.05) is 0 Å². The fourth-order valence-corrected chi connectivity index (χ4v) is 0.707. The largest absolute Gasteiger partial charge is 0.368 e. The Balaban J connectivity index is 3.63. The molecular weight excluding hydrogens is 144 g/mol. The summed E-state index contributed by atoms with van der Waals surface area (Å²) >= 11 is -2.04. The summed E-state index contributed by atoms with van der Waals surface area (Å²) in [6.45, 7) is 0. The number of primary amides is 1. The molecule has 5 nitrogen and oxygen atoms in total. The van der Waals surface area contributed by atoms with E-state index in [1.165, 1.54) is 0 Å². The zero-order chi connectivity index (χ0) is 7.44. The van der Waals surface area contributed by atoms with Crippen molar-refractivity contribution in [1.82, 2.24) is 0 Å². The van der Waals surface area contributed by atoms with Gasteiger partial charge in [0.15, 0.2) is 11.1 Å². The maximum Gasteiger partial charge on any atom is 0.235 e. The molecule has 0 aliphatic carbocycles. The highest BCUT2D eigenvalue weighted by molar-refractivity contribution is 7.79. The van der Waals surface area contributed by atoms with Gasteiger partial charge in [0.05, 0.1) is 11.8 Å². The average Bonchev–Trinajstić information content (AvgIpc) is 1.63. The number of carbonyl (C=O) groups is 1. The van der Waals surface area contributed by atoms with Crippen LogP contribution in [0.15, 0.2) is 0 Å². The zero-order valence-corrected chi connectivity index (χ0v) is 5.43. The molecule has 1 amide bonds. The molecule has 0 spiro atoms. The first-order chi connectivity index (χ1) is 4.04. The van der Waals surface area contributed by atoms with Gasteiger partial charge in [-0.05, 0) is 0 Å². The predicted octanol–water partition coefficient (Wildman–Crippen LogP) is -1.98. The highest BCUT2D eigenvalue weighted by Gasteiger charge is 2.10. The van der Waals surface area contributed by atoms with Crippen molar-refractivity contribution in [2.45, 2.75) is 6.04 Å². The Morgan fingerprint density at radius 3 is 2.33 bits per heavy atom. The molecule has 6 heteroatoms. The lowest BCUT2D eigenvalue weighted by Gasteiger charge is -2.01. The third kappa shape index (κ3) is 4.07. The second kappa shape index (κ2) is 3.54. The zero-order valence-electron chi connectivity index (χ0n) is 4.61. The molecule has 0 aromatic carbocycles. The van der Waals surface area contributed by atoms with Gasteiger partial charge in [0.2, 0.25) is 5.91 Å². The summed E-state index contributed by atoms with van der Waals surface area (Å²) in [4.78, 5) is 10.1. The van der Waals surface area contributed by atoms with E-state index >= 15 is 0 Å². The van der Waals surface area contributed by atoms with E-state index in [9.17, 15) is 9.00 Å². The van der Waals surface area contributed by atoms with Crippen LogP contribution in [0.1, 0.15) is 0 Å². The molecule has 0 saturated carbocycles. The van der Waals surface area contributed by atoms with Crippen molar-refractivity contribution in [2.24, 2.45) is 11.5 Å². The summed E-state index contributed by atoms with van der Waals surface area (Å²) in [5.41, 5.74) is 9.66. The second-order valence-electron chi connectivity index (χ2n) is 1.50. The highest BCUT2D eigenvalue weighted by atomic mass is 32.2. The minimum Gasteiger partial charge on any atom is -0.368 e. The number of amides is 1. The normalized spacial score (nSPS) is 16.7. The Kier molecular flexibility index (Phi) is 3.36. The SMILES string of the molecule is NC(=O)[C@@H](N)CS(=O)O. The van der Waals surface area contributed by atoms with Crippen molar-refractivity contribution in [2.75, 3.05) is 5.75 Å². The molecule has 1 unspecified atom stereocenters. The second-order valence-corrected chi connectivity index (χ2v) is 2.47. The first-order valence-electron chi connectivity index (χ1n) is 2.16. The number of carbonyl (C=O) groups excluding carboxylic acids is 1. The third-order valence-corrected chi connectivity index (χ3v) is 1.33. The topological polar surface area (TPSA) is 106 Å². The van der Waals surface area contributed by atoms with Crippen LogP contribution in [0.5, 0.6) is 0 Å². The Hall–Kier alpha value is -0.460. The lowest BCUT2D eigenvalue weighted by molar-refractivity contribution is -0.118. The standard InChI is InChI=1S/C3H8N2O3S/c4-2(3(5)6)1-9(7)8/h2H,1,4H2,(H2,5,6)(H,7,8)/t2-/m0/s1. The third-order valence-electron chi connectivity index (χ3n) is 0.688. The van der Waals surface area contributed by atoms with Crippen molar-refractivity contribution in [3.63, 3.8) is 0 Å². The van der Waals surface area contributed by atoms with E-state index in [-0.39, 0.29) is 5.75 Å². The van der Waals surface area contributed by atoms with Crippen LogP contribution >= 0.6 is 0 Å². The molecule has 9 heavy (non-hydrogen) atoms. The van der Waals surface area contributed by atoms with Crippen LogP contribution in [0, 0.1) is 0 Å². The first kappa shape index (κ1) is 8.54. The fourth-order valence-electron chi connectivity index (χ4n) is 0.236. The molecule has 0 radical (unpaired) electrons. The van der Waals surface area contributed by atoms with Gasteiger partial charge in [-0.25, -0.2) is 4.21 Å². The minimum atomic E-state index is -2.04. The highest BCUT2D eigenvalue weighted by Crippen LogP contribution is 1.79. The molecule has 0 aliphatic heterocycles. The van der Waals surface area contributed by atoms with E-state index in [4.69, 9.17) is 10.3 Å². The summed E-state index contributed by atoms with van der Waals surface area (Å²) in [6, 6.07) is -1.02. The van der Waals surface area contributed by atoms with Crippen LogP contribution in [0.4, 0.5) is 0 Å². The van der Waals surface area contributed by atoms with Crippen molar-refractivity contribution < 1.29 is 13.6 Å². The van der Waals surface area contributed by atoms with Crippen LogP contribution in [0.3, 0.4) is 0 Å². The van der Waals surface area contributed by atoms with E-state index in [0.29, 0.717) is 0 Å². The molecular formula is C3H8N2O3S. The quantitative estimate of drug-likeness (QED) is 0.407. The van der Waals surface area contributed by atoms with Crippen LogP contribution < -0.4 is 11.5 Å². The molecule has 0 fully saturated rings. The van der Waals surface area contributed by atoms with Crippen molar-refractivity contribution >= 4 is 17.0 Å². The number of hydrogen-bond donors (Lipinski definition) is 3. The summed E-state index contributed by atoms with van der Waals surface area (Å²) in [5, 5.41) is 0. The molecule has 54 valence electrons. The van der Waals surface area contributed by atoms with Gasteiger partial charge in [-0.2, -0.15) is 0 Å². The Morgan fingerprint density at radius 2 is 2.22 bits per heavy atom. The van der Waals surface area contributed by atoms with Crippen molar-refractivity contribution in [1.29, 1.82) is 0 Å². The lowest BCUT2D eigenvalue weighted by atomic mass is 10.4. The number of hydrogen-bond acceptors (Lipinski definition) is 3. The Bertz CT molecular complexity index is 137. The van der Waals surface area contributed by atoms with Gasteiger partial charge in [-0.15, -0.1) is 0 Å². The smallest absolute Gasteiger partial charge is 0.235 e. The molecule has 5 N–H and O–H groups in total. The van der Waals surface area contributed by atoms with Crippen LogP contribution in [-0.4, -0.2) is 26.5 Å². The Labute approximate surface area is 54.7 Å². The number of rotatable bonds is 3. The lowest BCUT2D eigenvalue weighted by Crippen LogP contribution is -2.40. The first-order valence-corrected chi connectivity index (χ1v) is 3.44. The molecule has 2 atom stereocenters. The summed E-state index contributed by atoms with van der Waals surface area (Å²) < 4.78 is 18.1. The average molecular weight is 152 g/mol. The Morgan fingerprint density at radius 1 is 1.78 bits per heavy atom. The van der Waals surface area contributed by atoms with Gasteiger partial charge in [0, 0.05) is 0 Å². The van der Waals surface area contributed by atoms with E-state index < -0.39 is 23.0 Å². The molecule has 0 heterocycles. The number of nitrogens with two attached hydrogens (primary N) is 2. The van der Waals surface area contributed by atoms with Crippen molar-refractivity contribution in [3.05, 3.63) is 0 Å². The molecule has 0 aliphatic rings. The van der Waals surface area contributed by atoms with Gasteiger partial charge in [-0.1, -0.05) is 0 Å². The van der Waals surface area contributed by atoms with Crippen LogP contribution in [0.2, 0.25) is 0 Å². The fraction of sp³-hybridized carbons (Fsp3) is 0.667. The monoisotopic (exact) mass is 152 g/mol. The van der Waals surface area contributed by atoms with Crippen molar-refractivity contribution in [3.8, 4) is 0 Å². The summed E-state index contributed by atoms with van der Waals surface area (Å²) in [7, 11) is 0. The van der Waals surface area contributed by atoms with Crippen LogP contribution in [0.25, 0.3) is 0 Å².